The summed E-state index contributed by atoms with van der Waals surface area (Å²) in [7, 11) is 0. The first-order valence-electron chi connectivity index (χ1n) is 9.16. The predicted octanol–water partition coefficient (Wildman–Crippen LogP) is 3.98. The smallest absolute Gasteiger partial charge is 0.129 e. The third kappa shape index (κ3) is 4.80. The molecule has 0 amide bonds. The molecule has 0 aliphatic carbocycles. The van der Waals surface area contributed by atoms with Gasteiger partial charge < -0.3 is 10.1 Å². The van der Waals surface area contributed by atoms with Crippen LogP contribution in [0.25, 0.3) is 0 Å². The lowest BCUT2D eigenvalue weighted by molar-refractivity contribution is 0.258. The lowest BCUT2D eigenvalue weighted by atomic mass is 10.1. The van der Waals surface area contributed by atoms with Gasteiger partial charge in [-0.3, -0.25) is 4.90 Å². The zero-order valence-corrected chi connectivity index (χ0v) is 14.9. The number of nitrogens with zero attached hydrogens (tertiary/aromatic N) is 1. The number of ether oxygens (including phenoxy) is 1. The van der Waals surface area contributed by atoms with E-state index < -0.39 is 0 Å². The number of likely N-dealkylation sites (tertiary alicyclic amines) is 1. The average Bonchev–Trinajstić information content (AvgIpc) is 3.09. The van der Waals surface area contributed by atoms with E-state index in [1.807, 2.05) is 24.3 Å². The Balaban J connectivity index is 1.55. The standard InChI is InChI=1S/C21H27FN2O/c1-2-24-13-7-10-19(24)15-23-14-17-8-4-6-12-21(17)25-16-18-9-3-5-11-20(18)22/h3-6,8-9,11-12,19,23H,2,7,10,13-16H2,1H3/t19-/m1/s1. The Morgan fingerprint density at radius 1 is 1.12 bits per heavy atom. The van der Waals surface area contributed by atoms with Crippen LogP contribution in [0.15, 0.2) is 48.5 Å². The Bertz CT molecular complexity index is 676. The Morgan fingerprint density at radius 2 is 1.88 bits per heavy atom. The van der Waals surface area contributed by atoms with Gasteiger partial charge in [0.25, 0.3) is 0 Å². The van der Waals surface area contributed by atoms with Crippen molar-refractivity contribution in [2.24, 2.45) is 0 Å². The van der Waals surface area contributed by atoms with E-state index in [0.29, 0.717) is 11.6 Å². The van der Waals surface area contributed by atoms with Crippen LogP contribution in [0.1, 0.15) is 30.9 Å². The Kier molecular flexibility index (Phi) is 6.42. The van der Waals surface area contributed by atoms with Gasteiger partial charge in [0.05, 0.1) is 0 Å². The molecule has 0 bridgehead atoms. The lowest BCUT2D eigenvalue weighted by Gasteiger charge is -2.23. The van der Waals surface area contributed by atoms with Crippen LogP contribution in [0.5, 0.6) is 5.75 Å². The van der Waals surface area contributed by atoms with Crippen LogP contribution in [0.3, 0.4) is 0 Å². The number of nitrogens with one attached hydrogen (secondary N) is 1. The number of hydrogen-bond acceptors (Lipinski definition) is 3. The molecule has 1 aliphatic rings. The zero-order valence-electron chi connectivity index (χ0n) is 14.9. The van der Waals surface area contributed by atoms with Gasteiger partial charge in [-0.2, -0.15) is 0 Å². The van der Waals surface area contributed by atoms with Crippen LogP contribution >= 0.6 is 0 Å². The van der Waals surface area contributed by atoms with Gasteiger partial charge in [0, 0.05) is 30.3 Å². The molecule has 3 rings (SSSR count). The second-order valence-electron chi connectivity index (χ2n) is 6.54. The van der Waals surface area contributed by atoms with Crippen molar-refractivity contribution in [2.45, 2.75) is 39.0 Å². The first kappa shape index (κ1) is 17.9. The van der Waals surface area contributed by atoms with Crippen LogP contribution < -0.4 is 10.1 Å². The molecule has 0 spiro atoms. The van der Waals surface area contributed by atoms with Crippen molar-refractivity contribution >= 4 is 0 Å². The molecule has 0 aromatic heterocycles. The number of para-hydroxylation sites is 1. The van der Waals surface area contributed by atoms with Gasteiger partial charge in [0.1, 0.15) is 18.2 Å². The second kappa shape index (κ2) is 8.97. The van der Waals surface area contributed by atoms with E-state index in [-0.39, 0.29) is 12.4 Å². The predicted molar refractivity (Wildman–Crippen MR) is 99.1 cm³/mol. The van der Waals surface area contributed by atoms with Gasteiger partial charge in [0.15, 0.2) is 0 Å². The van der Waals surface area contributed by atoms with E-state index in [9.17, 15) is 4.39 Å². The molecule has 134 valence electrons. The first-order valence-corrected chi connectivity index (χ1v) is 9.16. The maximum absolute atomic E-state index is 13.7. The van der Waals surface area contributed by atoms with E-state index >= 15 is 0 Å². The summed E-state index contributed by atoms with van der Waals surface area (Å²) in [6, 6.07) is 15.4. The highest BCUT2D eigenvalue weighted by molar-refractivity contribution is 5.33. The maximum Gasteiger partial charge on any atom is 0.129 e. The van der Waals surface area contributed by atoms with Crippen LogP contribution in [-0.2, 0) is 13.2 Å². The fraction of sp³-hybridized carbons (Fsp3) is 0.429. The van der Waals surface area contributed by atoms with E-state index in [0.717, 1.165) is 30.9 Å². The SMILES string of the molecule is CCN1CCC[C@@H]1CNCc1ccccc1OCc1ccccc1F. The van der Waals surface area contributed by atoms with Crippen molar-refractivity contribution in [1.82, 2.24) is 10.2 Å². The minimum Gasteiger partial charge on any atom is -0.488 e. The van der Waals surface area contributed by atoms with Gasteiger partial charge in [-0.15, -0.1) is 0 Å². The highest BCUT2D eigenvalue weighted by Gasteiger charge is 2.22. The molecule has 4 heteroatoms. The van der Waals surface area contributed by atoms with Crippen molar-refractivity contribution in [2.75, 3.05) is 19.6 Å². The zero-order chi connectivity index (χ0) is 17.5. The quantitative estimate of drug-likeness (QED) is 0.785. The van der Waals surface area contributed by atoms with Gasteiger partial charge in [0.2, 0.25) is 0 Å². The van der Waals surface area contributed by atoms with E-state index in [2.05, 4.69) is 23.2 Å². The number of benzene rings is 2. The summed E-state index contributed by atoms with van der Waals surface area (Å²) < 4.78 is 19.6. The third-order valence-corrected chi connectivity index (χ3v) is 4.91. The summed E-state index contributed by atoms with van der Waals surface area (Å²) in [5.41, 5.74) is 1.69. The highest BCUT2D eigenvalue weighted by Crippen LogP contribution is 2.21. The largest absolute Gasteiger partial charge is 0.488 e. The van der Waals surface area contributed by atoms with E-state index in [4.69, 9.17) is 4.74 Å². The molecule has 1 fully saturated rings. The normalized spacial score (nSPS) is 17.8. The fourth-order valence-corrected chi connectivity index (χ4v) is 3.48. The number of halogens is 1. The molecule has 1 saturated heterocycles. The van der Waals surface area contributed by atoms with Crippen molar-refractivity contribution in [3.63, 3.8) is 0 Å². The van der Waals surface area contributed by atoms with Crippen LogP contribution in [0.4, 0.5) is 4.39 Å². The van der Waals surface area contributed by atoms with Crippen molar-refractivity contribution < 1.29 is 9.13 Å². The van der Waals surface area contributed by atoms with Crippen molar-refractivity contribution in [3.8, 4) is 5.75 Å². The van der Waals surface area contributed by atoms with Gasteiger partial charge in [-0.25, -0.2) is 4.39 Å². The Labute approximate surface area is 149 Å². The summed E-state index contributed by atoms with van der Waals surface area (Å²) in [5, 5.41) is 3.56. The van der Waals surface area contributed by atoms with Crippen molar-refractivity contribution in [3.05, 3.63) is 65.5 Å². The van der Waals surface area contributed by atoms with Gasteiger partial charge in [-0.05, 0) is 38.1 Å². The first-order chi connectivity index (χ1) is 12.3. The molecule has 1 atom stereocenters. The molecule has 1 N–H and O–H groups in total. The topological polar surface area (TPSA) is 24.5 Å². The molecule has 1 aliphatic heterocycles. The van der Waals surface area contributed by atoms with E-state index in [1.54, 1.807) is 12.1 Å². The summed E-state index contributed by atoms with van der Waals surface area (Å²) >= 11 is 0. The molecule has 0 saturated carbocycles. The Morgan fingerprint density at radius 3 is 2.68 bits per heavy atom. The third-order valence-electron chi connectivity index (χ3n) is 4.91. The fourth-order valence-electron chi connectivity index (χ4n) is 3.48. The van der Waals surface area contributed by atoms with Crippen molar-refractivity contribution in [1.29, 1.82) is 0 Å². The molecular weight excluding hydrogens is 315 g/mol. The van der Waals surface area contributed by atoms with Gasteiger partial charge >= 0.3 is 0 Å². The molecule has 0 unspecified atom stereocenters. The van der Waals surface area contributed by atoms with Crippen LogP contribution in [-0.4, -0.2) is 30.6 Å². The molecule has 3 nitrogen and oxygen atoms in total. The number of rotatable bonds is 8. The molecule has 2 aromatic rings. The molecular formula is C21H27FN2O. The number of likely N-dealkylation sites (N-methyl/N-ethyl adjacent to an activating group) is 1. The van der Waals surface area contributed by atoms with Gasteiger partial charge in [-0.1, -0.05) is 43.3 Å². The minimum atomic E-state index is -0.223. The summed E-state index contributed by atoms with van der Waals surface area (Å²) in [6.07, 6.45) is 2.56. The summed E-state index contributed by atoms with van der Waals surface area (Å²) in [4.78, 5) is 2.54. The molecule has 1 heterocycles. The highest BCUT2D eigenvalue weighted by atomic mass is 19.1. The summed E-state index contributed by atoms with van der Waals surface area (Å²) in [6.45, 7) is 6.57. The van der Waals surface area contributed by atoms with Crippen LogP contribution in [0, 0.1) is 5.82 Å². The minimum absolute atomic E-state index is 0.223. The summed E-state index contributed by atoms with van der Waals surface area (Å²) in [5.74, 6) is 0.594. The number of hydrogen-bond donors (Lipinski definition) is 1. The molecule has 0 radical (unpaired) electrons. The van der Waals surface area contributed by atoms with E-state index in [1.165, 1.54) is 25.5 Å². The molecule has 2 aromatic carbocycles. The Hall–Kier alpha value is -1.91. The second-order valence-corrected chi connectivity index (χ2v) is 6.54. The average molecular weight is 342 g/mol. The monoisotopic (exact) mass is 342 g/mol. The maximum atomic E-state index is 13.7. The van der Waals surface area contributed by atoms with Crippen LogP contribution in [0.2, 0.25) is 0 Å². The molecule has 25 heavy (non-hydrogen) atoms. The lowest BCUT2D eigenvalue weighted by Crippen LogP contribution is -2.37.